The highest BCUT2D eigenvalue weighted by Gasteiger charge is 2.17. The van der Waals surface area contributed by atoms with Gasteiger partial charge in [0.1, 0.15) is 22.8 Å². The molecule has 0 aliphatic carbocycles. The van der Waals surface area contributed by atoms with E-state index in [1.165, 1.54) is 25.3 Å². The number of aryl methyl sites for hydroxylation is 1. The Morgan fingerprint density at radius 1 is 1.20 bits per heavy atom. The molecule has 0 saturated carbocycles. The van der Waals surface area contributed by atoms with Crippen molar-refractivity contribution in [2.45, 2.75) is 32.6 Å². The third kappa shape index (κ3) is 4.97. The molecular formula is C21H21F2N3O4. The monoisotopic (exact) mass is 417 g/mol. The lowest BCUT2D eigenvalue weighted by atomic mass is 10.1. The van der Waals surface area contributed by atoms with Crippen molar-refractivity contribution in [3.8, 4) is 5.75 Å². The topological polar surface area (TPSA) is 82.8 Å². The molecule has 3 aromatic heterocycles. The number of ether oxygens (including phenoxy) is 2. The van der Waals surface area contributed by atoms with Gasteiger partial charge in [-0.1, -0.05) is 6.07 Å². The van der Waals surface area contributed by atoms with Crippen molar-refractivity contribution in [3.05, 3.63) is 59.3 Å². The number of imidazole rings is 1. The fourth-order valence-corrected chi connectivity index (χ4v) is 2.98. The highest BCUT2D eigenvalue weighted by atomic mass is 19.3. The summed E-state index contributed by atoms with van der Waals surface area (Å²) in [6.07, 6.45) is 1.28. The largest absolute Gasteiger partial charge is 0.493 e. The van der Waals surface area contributed by atoms with Gasteiger partial charge < -0.3 is 13.9 Å². The van der Waals surface area contributed by atoms with E-state index in [2.05, 4.69) is 14.7 Å². The predicted molar refractivity (Wildman–Crippen MR) is 104 cm³/mol. The van der Waals surface area contributed by atoms with Gasteiger partial charge in [0.15, 0.2) is 5.78 Å². The van der Waals surface area contributed by atoms with Crippen LogP contribution in [0.5, 0.6) is 5.75 Å². The van der Waals surface area contributed by atoms with Crippen LogP contribution in [0.15, 0.2) is 36.7 Å². The minimum atomic E-state index is -2.75. The first-order chi connectivity index (χ1) is 14.4. The second kappa shape index (κ2) is 9.43. The van der Waals surface area contributed by atoms with Crippen LogP contribution in [-0.4, -0.2) is 39.8 Å². The lowest BCUT2D eigenvalue weighted by Crippen LogP contribution is -2.10. The molecule has 0 aliphatic rings. The number of fused-ring (bicyclic) bond motifs is 1. The Balaban J connectivity index is 1.87. The number of nitrogens with zero attached hydrogens (tertiary/aromatic N) is 3. The second-order valence-corrected chi connectivity index (χ2v) is 6.52. The minimum absolute atomic E-state index is 0.0280. The van der Waals surface area contributed by atoms with Gasteiger partial charge in [0.2, 0.25) is 0 Å². The molecule has 0 aliphatic heterocycles. The van der Waals surface area contributed by atoms with Gasteiger partial charge in [0.05, 0.1) is 25.8 Å². The summed E-state index contributed by atoms with van der Waals surface area (Å²) in [6, 6.07) is 5.68. The zero-order valence-corrected chi connectivity index (χ0v) is 16.6. The van der Waals surface area contributed by atoms with Crippen LogP contribution in [0.4, 0.5) is 8.78 Å². The molecule has 0 amide bonds. The predicted octanol–water partition coefficient (Wildman–Crippen LogP) is 3.60. The number of carbonyl (C=O) groups excluding carboxylic acids is 2. The first-order valence-corrected chi connectivity index (χ1v) is 9.39. The zero-order valence-electron chi connectivity index (χ0n) is 16.6. The molecule has 0 bridgehead atoms. The minimum Gasteiger partial charge on any atom is -0.493 e. The highest BCUT2D eigenvalue weighted by Crippen LogP contribution is 2.24. The van der Waals surface area contributed by atoms with Crippen molar-refractivity contribution in [1.29, 1.82) is 0 Å². The molecule has 0 saturated heterocycles. The fraction of sp³-hybridized carbons (Fsp3) is 0.333. The van der Waals surface area contributed by atoms with Crippen molar-refractivity contribution in [2.75, 3.05) is 13.7 Å². The number of halogens is 2. The van der Waals surface area contributed by atoms with Crippen LogP contribution in [-0.2, 0) is 22.4 Å². The molecule has 0 atom stereocenters. The molecule has 9 heteroatoms. The van der Waals surface area contributed by atoms with Gasteiger partial charge in [-0.3, -0.25) is 9.59 Å². The van der Waals surface area contributed by atoms with Crippen LogP contribution < -0.4 is 4.74 Å². The van der Waals surface area contributed by atoms with Gasteiger partial charge in [-0.25, -0.2) is 18.7 Å². The number of ketones is 1. The smallest absolute Gasteiger partial charge is 0.305 e. The standard InChI is InChI=1S/C21H21F2N3O4/c1-3-30-18-10-19-24-14(7-8-20(28)29-2)12-26(19)11-13(18)9-17(27)15-5-4-6-16(25-15)21(22)23/h4-6,10-12,21H,3,7-9H2,1-2H3. The summed E-state index contributed by atoms with van der Waals surface area (Å²) in [5.41, 5.74) is 1.41. The number of Topliss-reactive ketones (excluding diaryl/α,β-unsaturated/α-hetero) is 1. The molecule has 0 N–H and O–H groups in total. The van der Waals surface area contributed by atoms with E-state index in [0.29, 0.717) is 35.7 Å². The van der Waals surface area contributed by atoms with E-state index >= 15 is 0 Å². The van der Waals surface area contributed by atoms with Crippen LogP contribution in [0.25, 0.3) is 5.65 Å². The van der Waals surface area contributed by atoms with Crippen LogP contribution in [0.2, 0.25) is 0 Å². The Labute approximate surface area is 171 Å². The van der Waals surface area contributed by atoms with E-state index in [-0.39, 0.29) is 24.5 Å². The van der Waals surface area contributed by atoms with Crippen LogP contribution in [0.1, 0.15) is 47.2 Å². The zero-order chi connectivity index (χ0) is 21.7. The van der Waals surface area contributed by atoms with E-state index in [4.69, 9.17) is 4.74 Å². The SMILES string of the molecule is CCOc1cc2nc(CCC(=O)OC)cn2cc1CC(=O)c1cccc(C(F)F)n1. The van der Waals surface area contributed by atoms with Crippen LogP contribution in [0, 0.1) is 0 Å². The van der Waals surface area contributed by atoms with E-state index in [1.54, 1.807) is 22.9 Å². The number of pyridine rings is 2. The van der Waals surface area contributed by atoms with E-state index in [9.17, 15) is 18.4 Å². The lowest BCUT2D eigenvalue weighted by molar-refractivity contribution is -0.140. The third-order valence-corrected chi connectivity index (χ3v) is 4.43. The molecule has 0 radical (unpaired) electrons. The number of rotatable bonds is 9. The van der Waals surface area contributed by atoms with E-state index in [0.717, 1.165) is 0 Å². The maximum atomic E-state index is 12.9. The summed E-state index contributed by atoms with van der Waals surface area (Å²) in [5.74, 6) is -0.246. The van der Waals surface area contributed by atoms with E-state index < -0.39 is 17.9 Å². The first-order valence-electron chi connectivity index (χ1n) is 9.39. The molecule has 7 nitrogen and oxygen atoms in total. The summed E-state index contributed by atoms with van der Waals surface area (Å²) in [4.78, 5) is 32.2. The molecule has 158 valence electrons. The molecular weight excluding hydrogens is 396 g/mol. The van der Waals surface area contributed by atoms with Gasteiger partial charge in [-0.05, 0) is 19.1 Å². The third-order valence-electron chi connectivity index (χ3n) is 4.43. The van der Waals surface area contributed by atoms with Crippen molar-refractivity contribution in [2.24, 2.45) is 0 Å². The molecule has 30 heavy (non-hydrogen) atoms. The fourth-order valence-electron chi connectivity index (χ4n) is 2.98. The second-order valence-electron chi connectivity index (χ2n) is 6.52. The Morgan fingerprint density at radius 3 is 2.70 bits per heavy atom. The number of aromatic nitrogens is 3. The molecule has 3 rings (SSSR count). The Bertz CT molecular complexity index is 1070. The van der Waals surface area contributed by atoms with Gasteiger partial charge in [0, 0.05) is 36.9 Å². The normalized spacial score (nSPS) is 11.1. The molecule has 0 aromatic carbocycles. The molecule has 0 unspecified atom stereocenters. The lowest BCUT2D eigenvalue weighted by Gasteiger charge is -2.11. The Morgan fingerprint density at radius 2 is 2.00 bits per heavy atom. The Kier molecular flexibility index (Phi) is 6.71. The maximum Gasteiger partial charge on any atom is 0.305 e. The molecule has 3 heterocycles. The summed E-state index contributed by atoms with van der Waals surface area (Å²) in [7, 11) is 1.33. The van der Waals surface area contributed by atoms with Crippen LogP contribution in [0.3, 0.4) is 0 Å². The molecule has 3 aromatic rings. The summed E-state index contributed by atoms with van der Waals surface area (Å²) in [6.45, 7) is 2.20. The maximum absolute atomic E-state index is 12.9. The number of hydrogen-bond donors (Lipinski definition) is 0. The van der Waals surface area contributed by atoms with Crippen LogP contribution >= 0.6 is 0 Å². The Hall–Kier alpha value is -3.36. The van der Waals surface area contributed by atoms with Crippen molar-refractivity contribution in [1.82, 2.24) is 14.4 Å². The summed E-state index contributed by atoms with van der Waals surface area (Å²) in [5, 5.41) is 0. The number of alkyl halides is 2. The highest BCUT2D eigenvalue weighted by molar-refractivity contribution is 5.96. The van der Waals surface area contributed by atoms with Gasteiger partial charge in [-0.15, -0.1) is 0 Å². The quantitative estimate of drug-likeness (QED) is 0.391. The number of methoxy groups -OCH3 is 1. The molecule has 0 fully saturated rings. The van der Waals surface area contributed by atoms with E-state index in [1.807, 2.05) is 6.92 Å². The summed E-state index contributed by atoms with van der Waals surface area (Å²) >= 11 is 0. The average Bonchev–Trinajstić information content (AvgIpc) is 3.14. The number of carbonyl (C=O) groups is 2. The molecule has 0 spiro atoms. The number of hydrogen-bond acceptors (Lipinski definition) is 6. The van der Waals surface area contributed by atoms with Gasteiger partial charge >= 0.3 is 5.97 Å². The van der Waals surface area contributed by atoms with Crippen molar-refractivity contribution in [3.63, 3.8) is 0 Å². The first kappa shape index (κ1) is 21.4. The van der Waals surface area contributed by atoms with Crippen molar-refractivity contribution < 1.29 is 27.8 Å². The van der Waals surface area contributed by atoms with Gasteiger partial charge in [0.25, 0.3) is 6.43 Å². The number of esters is 1. The summed E-state index contributed by atoms with van der Waals surface area (Å²) < 4.78 is 37.8. The van der Waals surface area contributed by atoms with Crippen molar-refractivity contribution >= 4 is 17.4 Å². The van der Waals surface area contributed by atoms with Gasteiger partial charge in [-0.2, -0.15) is 0 Å². The average molecular weight is 417 g/mol.